The fraction of sp³-hybridized carbons (Fsp3) is 0.727. The molecule has 0 aromatic carbocycles. The molecule has 1 aromatic rings. The summed E-state index contributed by atoms with van der Waals surface area (Å²) in [6, 6.07) is -0.288. The van der Waals surface area contributed by atoms with Crippen LogP contribution in [0.2, 0.25) is 0 Å². The normalized spacial score (nSPS) is 14.9. The van der Waals surface area contributed by atoms with Crippen molar-refractivity contribution >= 4 is 5.97 Å². The minimum Gasteiger partial charge on any atom is -0.476 e. The molecule has 0 spiro atoms. The van der Waals surface area contributed by atoms with Gasteiger partial charge in [-0.3, -0.25) is 0 Å². The first-order valence-electron chi connectivity index (χ1n) is 5.70. The van der Waals surface area contributed by atoms with Gasteiger partial charge in [-0.05, 0) is 26.2 Å². The van der Waals surface area contributed by atoms with E-state index in [4.69, 9.17) is 5.11 Å². The number of hydrogen-bond acceptors (Lipinski definition) is 4. The molecule has 96 valence electrons. The highest BCUT2D eigenvalue weighted by Crippen LogP contribution is 2.18. The van der Waals surface area contributed by atoms with Gasteiger partial charge in [0.2, 0.25) is 0 Å². The van der Waals surface area contributed by atoms with Gasteiger partial charge in [-0.25, -0.2) is 9.48 Å². The molecular formula is C11H19N3O3. The molecule has 2 atom stereocenters. The van der Waals surface area contributed by atoms with Gasteiger partial charge < -0.3 is 10.2 Å². The van der Waals surface area contributed by atoms with Crippen LogP contribution in [0.3, 0.4) is 0 Å². The molecule has 0 saturated carbocycles. The van der Waals surface area contributed by atoms with E-state index in [1.54, 1.807) is 13.8 Å². The molecule has 0 bridgehead atoms. The second-order valence-electron chi connectivity index (χ2n) is 4.71. The van der Waals surface area contributed by atoms with E-state index in [-0.39, 0.29) is 11.7 Å². The largest absolute Gasteiger partial charge is 0.476 e. The van der Waals surface area contributed by atoms with Crippen molar-refractivity contribution in [3.63, 3.8) is 0 Å². The standard InChI is InChI=1S/C11H19N3O3/c1-6(2)5-9-10(11(16)17)12-13-14(9)7(3)8(4)15/h6-8,15H,5H2,1-4H3,(H,16,17). The predicted molar refractivity (Wildman–Crippen MR) is 61.9 cm³/mol. The number of rotatable bonds is 5. The summed E-state index contributed by atoms with van der Waals surface area (Å²) in [5.74, 6) is -0.781. The summed E-state index contributed by atoms with van der Waals surface area (Å²) in [6.45, 7) is 7.42. The molecule has 0 fully saturated rings. The van der Waals surface area contributed by atoms with E-state index in [0.717, 1.165) is 0 Å². The van der Waals surface area contributed by atoms with Gasteiger partial charge in [-0.2, -0.15) is 0 Å². The van der Waals surface area contributed by atoms with Gasteiger partial charge in [-0.1, -0.05) is 19.1 Å². The van der Waals surface area contributed by atoms with Crippen molar-refractivity contribution < 1.29 is 15.0 Å². The van der Waals surface area contributed by atoms with Crippen LogP contribution in [-0.4, -0.2) is 37.3 Å². The number of carboxylic acid groups (broad SMARTS) is 1. The second-order valence-corrected chi connectivity index (χ2v) is 4.71. The third kappa shape index (κ3) is 3.03. The number of hydrogen-bond donors (Lipinski definition) is 2. The molecule has 2 unspecified atom stereocenters. The summed E-state index contributed by atoms with van der Waals surface area (Å²) in [5, 5.41) is 26.1. The van der Waals surface area contributed by atoms with Crippen LogP contribution < -0.4 is 0 Å². The van der Waals surface area contributed by atoms with E-state index in [1.165, 1.54) is 4.68 Å². The molecule has 0 saturated heterocycles. The smallest absolute Gasteiger partial charge is 0.358 e. The predicted octanol–water partition coefficient (Wildman–Crippen LogP) is 1.12. The van der Waals surface area contributed by atoms with Crippen LogP contribution in [0.15, 0.2) is 0 Å². The van der Waals surface area contributed by atoms with E-state index < -0.39 is 12.1 Å². The number of aromatic carboxylic acids is 1. The Morgan fingerprint density at radius 3 is 2.35 bits per heavy atom. The molecule has 1 aromatic heterocycles. The number of nitrogens with zero attached hydrogens (tertiary/aromatic N) is 3. The average Bonchev–Trinajstić information content (AvgIpc) is 2.59. The maximum Gasteiger partial charge on any atom is 0.358 e. The van der Waals surface area contributed by atoms with E-state index in [1.807, 2.05) is 13.8 Å². The Balaban J connectivity index is 3.17. The van der Waals surface area contributed by atoms with Crippen LogP contribution in [0.4, 0.5) is 0 Å². The third-order valence-corrected chi connectivity index (χ3v) is 2.68. The van der Waals surface area contributed by atoms with Crippen LogP contribution in [0.25, 0.3) is 0 Å². The summed E-state index contributed by atoms with van der Waals surface area (Å²) >= 11 is 0. The monoisotopic (exact) mass is 241 g/mol. The van der Waals surface area contributed by atoms with Crippen LogP contribution >= 0.6 is 0 Å². The number of carbonyl (C=O) groups is 1. The number of aliphatic hydroxyl groups is 1. The molecule has 1 heterocycles. The maximum absolute atomic E-state index is 11.0. The lowest BCUT2D eigenvalue weighted by atomic mass is 10.1. The van der Waals surface area contributed by atoms with Crippen molar-refractivity contribution in [2.24, 2.45) is 5.92 Å². The van der Waals surface area contributed by atoms with Crippen molar-refractivity contribution in [2.75, 3.05) is 0 Å². The van der Waals surface area contributed by atoms with Crippen LogP contribution in [0.1, 0.15) is 49.9 Å². The van der Waals surface area contributed by atoms with Crippen LogP contribution in [0.5, 0.6) is 0 Å². The van der Waals surface area contributed by atoms with Gasteiger partial charge in [0.15, 0.2) is 5.69 Å². The first-order valence-corrected chi connectivity index (χ1v) is 5.70. The Labute approximate surface area is 100 Å². The lowest BCUT2D eigenvalue weighted by Crippen LogP contribution is -2.22. The minimum atomic E-state index is -1.08. The van der Waals surface area contributed by atoms with Gasteiger partial charge in [0.1, 0.15) is 0 Å². The molecule has 0 aliphatic carbocycles. The van der Waals surface area contributed by atoms with Crippen molar-refractivity contribution in [3.05, 3.63) is 11.4 Å². The van der Waals surface area contributed by atoms with Crippen molar-refractivity contribution in [3.8, 4) is 0 Å². The lowest BCUT2D eigenvalue weighted by molar-refractivity contribution is 0.0688. The SMILES string of the molecule is CC(C)Cc1c(C(=O)O)nnn1C(C)C(C)O. The molecule has 0 aliphatic heterocycles. The lowest BCUT2D eigenvalue weighted by Gasteiger charge is -2.18. The van der Waals surface area contributed by atoms with Gasteiger partial charge in [0.05, 0.1) is 17.8 Å². The Bertz CT molecular complexity index is 399. The zero-order valence-electron chi connectivity index (χ0n) is 10.6. The van der Waals surface area contributed by atoms with Crippen molar-refractivity contribution in [1.82, 2.24) is 15.0 Å². The summed E-state index contributed by atoms with van der Waals surface area (Å²) in [4.78, 5) is 11.0. The van der Waals surface area contributed by atoms with Gasteiger partial charge in [0, 0.05) is 0 Å². The van der Waals surface area contributed by atoms with E-state index in [0.29, 0.717) is 18.0 Å². The van der Waals surface area contributed by atoms with E-state index >= 15 is 0 Å². The van der Waals surface area contributed by atoms with E-state index in [2.05, 4.69) is 10.3 Å². The number of aromatic nitrogens is 3. The Morgan fingerprint density at radius 1 is 1.35 bits per heavy atom. The molecule has 1 rings (SSSR count). The van der Waals surface area contributed by atoms with E-state index in [9.17, 15) is 9.90 Å². The highest BCUT2D eigenvalue weighted by atomic mass is 16.4. The summed E-state index contributed by atoms with van der Waals surface area (Å²) in [6.07, 6.45) is -0.0321. The summed E-state index contributed by atoms with van der Waals surface area (Å²) in [5.41, 5.74) is 0.548. The highest BCUT2D eigenvalue weighted by Gasteiger charge is 2.24. The molecular weight excluding hydrogens is 222 g/mol. The molecule has 6 nitrogen and oxygen atoms in total. The zero-order chi connectivity index (χ0) is 13.2. The quantitative estimate of drug-likeness (QED) is 0.806. The molecule has 2 N–H and O–H groups in total. The second kappa shape index (κ2) is 5.27. The summed E-state index contributed by atoms with van der Waals surface area (Å²) < 4.78 is 1.51. The third-order valence-electron chi connectivity index (χ3n) is 2.68. The van der Waals surface area contributed by atoms with Gasteiger partial charge >= 0.3 is 5.97 Å². The number of aliphatic hydroxyl groups excluding tert-OH is 1. The number of carboxylic acids is 1. The first-order chi connectivity index (χ1) is 7.84. The van der Waals surface area contributed by atoms with Crippen molar-refractivity contribution in [1.29, 1.82) is 0 Å². The maximum atomic E-state index is 11.0. The summed E-state index contributed by atoms with van der Waals surface area (Å²) in [7, 11) is 0. The fourth-order valence-corrected chi connectivity index (χ4v) is 1.59. The highest BCUT2D eigenvalue weighted by molar-refractivity contribution is 5.86. The van der Waals surface area contributed by atoms with Crippen LogP contribution in [-0.2, 0) is 6.42 Å². The molecule has 17 heavy (non-hydrogen) atoms. The molecule has 0 radical (unpaired) electrons. The Hall–Kier alpha value is -1.43. The first kappa shape index (κ1) is 13.6. The molecule has 0 aliphatic rings. The van der Waals surface area contributed by atoms with Gasteiger partial charge in [0.25, 0.3) is 0 Å². The van der Waals surface area contributed by atoms with Gasteiger partial charge in [-0.15, -0.1) is 5.10 Å². The Morgan fingerprint density at radius 2 is 1.94 bits per heavy atom. The molecule has 0 amide bonds. The van der Waals surface area contributed by atoms with Crippen molar-refractivity contribution in [2.45, 2.75) is 46.3 Å². The average molecular weight is 241 g/mol. The minimum absolute atomic E-state index is 0.0220. The van der Waals surface area contributed by atoms with Crippen LogP contribution in [0, 0.1) is 5.92 Å². The fourth-order valence-electron chi connectivity index (χ4n) is 1.59. The zero-order valence-corrected chi connectivity index (χ0v) is 10.6. The topological polar surface area (TPSA) is 88.2 Å². The molecule has 6 heteroatoms. The Kier molecular flexibility index (Phi) is 4.22.